The maximum atomic E-state index is 13.2. The highest BCUT2D eigenvalue weighted by atomic mass is 19.4. The smallest absolute Gasteiger partial charge is 0.368 e. The predicted octanol–water partition coefficient (Wildman–Crippen LogP) is 2.62. The van der Waals surface area contributed by atoms with E-state index < -0.39 is 23.2 Å². The number of hydrogen-bond acceptors (Lipinski definition) is 2. The Morgan fingerprint density at radius 2 is 1.81 bits per heavy atom. The van der Waals surface area contributed by atoms with Crippen molar-refractivity contribution in [1.29, 1.82) is 0 Å². The fourth-order valence-electron chi connectivity index (χ4n) is 3.09. The summed E-state index contributed by atoms with van der Waals surface area (Å²) in [6.07, 6.45) is -0.954. The summed E-state index contributed by atoms with van der Waals surface area (Å²) in [5.41, 5.74) is 3.35. The van der Waals surface area contributed by atoms with Gasteiger partial charge in [0.15, 0.2) is 5.60 Å². The Hall–Kier alpha value is -0.290. The van der Waals surface area contributed by atoms with Crippen LogP contribution in [-0.4, -0.2) is 24.4 Å². The fourth-order valence-corrected chi connectivity index (χ4v) is 3.09. The van der Waals surface area contributed by atoms with E-state index >= 15 is 0 Å². The van der Waals surface area contributed by atoms with Crippen molar-refractivity contribution in [2.45, 2.75) is 55.8 Å². The Kier molecular flexibility index (Phi) is 2.74. The molecule has 2 saturated carbocycles. The first-order chi connectivity index (χ1) is 7.36. The molecule has 0 aromatic carbocycles. The van der Waals surface area contributed by atoms with Crippen molar-refractivity contribution in [2.75, 3.05) is 7.11 Å². The maximum absolute atomic E-state index is 13.2. The molecule has 5 heteroatoms. The summed E-state index contributed by atoms with van der Waals surface area (Å²) < 4.78 is 44.6. The van der Waals surface area contributed by atoms with Gasteiger partial charge in [0, 0.05) is 18.6 Å². The van der Waals surface area contributed by atoms with Gasteiger partial charge < -0.3 is 10.5 Å². The highest BCUT2D eigenvalue weighted by Crippen LogP contribution is 2.56. The highest BCUT2D eigenvalue weighted by molar-refractivity contribution is 5.14. The molecule has 2 aliphatic carbocycles. The topological polar surface area (TPSA) is 35.2 Å². The van der Waals surface area contributed by atoms with Gasteiger partial charge >= 0.3 is 6.18 Å². The van der Waals surface area contributed by atoms with Crippen LogP contribution in [0.25, 0.3) is 0 Å². The van der Waals surface area contributed by atoms with Crippen LogP contribution in [0, 0.1) is 5.92 Å². The number of hydrogen-bond donors (Lipinski definition) is 1. The van der Waals surface area contributed by atoms with Gasteiger partial charge in [0.2, 0.25) is 0 Å². The van der Waals surface area contributed by atoms with Gasteiger partial charge in [-0.2, -0.15) is 13.2 Å². The average Bonchev–Trinajstić information content (AvgIpc) is 2.96. The van der Waals surface area contributed by atoms with Gasteiger partial charge in [0.25, 0.3) is 0 Å². The molecule has 0 amide bonds. The number of ether oxygens (including phenoxy) is 1. The summed E-state index contributed by atoms with van der Waals surface area (Å²) in [5, 5.41) is 0. The van der Waals surface area contributed by atoms with Crippen LogP contribution in [0.1, 0.15) is 38.5 Å². The minimum atomic E-state index is -4.32. The Labute approximate surface area is 93.3 Å². The summed E-state index contributed by atoms with van der Waals surface area (Å²) in [4.78, 5) is 0. The number of nitrogens with two attached hydrogens (primary N) is 1. The van der Waals surface area contributed by atoms with E-state index in [1.165, 1.54) is 0 Å². The average molecular weight is 237 g/mol. The van der Waals surface area contributed by atoms with Crippen LogP contribution in [0.15, 0.2) is 0 Å². The Morgan fingerprint density at radius 1 is 1.19 bits per heavy atom. The molecule has 0 heterocycles. The molecule has 0 saturated heterocycles. The van der Waals surface area contributed by atoms with Gasteiger partial charge in [-0.25, -0.2) is 0 Å². The number of methoxy groups -OCH3 is 1. The molecule has 2 atom stereocenters. The summed E-state index contributed by atoms with van der Waals surface area (Å²) in [7, 11) is 1.16. The van der Waals surface area contributed by atoms with Crippen LogP contribution in [0.2, 0.25) is 0 Å². The van der Waals surface area contributed by atoms with Crippen LogP contribution in [-0.2, 0) is 4.74 Å². The minimum absolute atomic E-state index is 0.0522. The monoisotopic (exact) mass is 237 g/mol. The van der Waals surface area contributed by atoms with Gasteiger partial charge in [-0.3, -0.25) is 0 Å². The van der Waals surface area contributed by atoms with Crippen molar-refractivity contribution in [3.8, 4) is 0 Å². The Balaban J connectivity index is 2.32. The third kappa shape index (κ3) is 1.64. The van der Waals surface area contributed by atoms with E-state index in [0.29, 0.717) is 25.7 Å². The molecule has 2 nitrogen and oxygen atoms in total. The molecule has 0 aromatic rings. The molecule has 16 heavy (non-hydrogen) atoms. The number of rotatable bonds is 2. The van der Waals surface area contributed by atoms with E-state index in [1.807, 2.05) is 0 Å². The summed E-state index contributed by atoms with van der Waals surface area (Å²) >= 11 is 0. The largest absolute Gasteiger partial charge is 0.417 e. The Bertz CT molecular complexity index is 275. The molecule has 0 bridgehead atoms. The molecule has 2 aliphatic rings. The van der Waals surface area contributed by atoms with E-state index in [9.17, 15) is 13.2 Å². The van der Waals surface area contributed by atoms with E-state index in [1.54, 1.807) is 0 Å². The number of alkyl halides is 3. The van der Waals surface area contributed by atoms with E-state index in [4.69, 9.17) is 10.5 Å². The normalized spacial score (nSPS) is 38.4. The SMILES string of the molecule is COC1(C(F)(F)F)CCCCC1C1(N)CC1. The molecule has 0 radical (unpaired) electrons. The van der Waals surface area contributed by atoms with E-state index in [2.05, 4.69) is 0 Å². The van der Waals surface area contributed by atoms with E-state index in [-0.39, 0.29) is 6.42 Å². The molecule has 2 N–H and O–H groups in total. The van der Waals surface area contributed by atoms with E-state index in [0.717, 1.165) is 13.5 Å². The van der Waals surface area contributed by atoms with Crippen molar-refractivity contribution >= 4 is 0 Å². The summed E-state index contributed by atoms with van der Waals surface area (Å²) in [5.74, 6) is -0.571. The molecule has 2 unspecified atom stereocenters. The molecule has 0 spiro atoms. The quantitative estimate of drug-likeness (QED) is 0.801. The zero-order valence-corrected chi connectivity index (χ0v) is 9.44. The van der Waals surface area contributed by atoms with Crippen LogP contribution in [0.5, 0.6) is 0 Å². The van der Waals surface area contributed by atoms with Crippen LogP contribution < -0.4 is 5.73 Å². The standard InChI is InChI=1S/C11H18F3NO/c1-16-10(11(12,13)14)5-3-2-4-8(10)9(15)6-7-9/h8H,2-7,15H2,1H3. The van der Waals surface area contributed by atoms with Crippen LogP contribution >= 0.6 is 0 Å². The third-order valence-corrected chi connectivity index (χ3v) is 4.22. The van der Waals surface area contributed by atoms with Gasteiger partial charge in [0.05, 0.1) is 0 Å². The molecular weight excluding hydrogens is 219 g/mol. The first kappa shape index (κ1) is 12.2. The molecule has 2 fully saturated rings. The van der Waals surface area contributed by atoms with Crippen molar-refractivity contribution < 1.29 is 17.9 Å². The van der Waals surface area contributed by atoms with Crippen molar-refractivity contribution in [1.82, 2.24) is 0 Å². The molecule has 2 rings (SSSR count). The fraction of sp³-hybridized carbons (Fsp3) is 1.00. The van der Waals surface area contributed by atoms with Gasteiger partial charge in [-0.15, -0.1) is 0 Å². The van der Waals surface area contributed by atoms with Crippen LogP contribution in [0.4, 0.5) is 13.2 Å². The zero-order valence-electron chi connectivity index (χ0n) is 9.44. The minimum Gasteiger partial charge on any atom is -0.368 e. The highest BCUT2D eigenvalue weighted by Gasteiger charge is 2.67. The van der Waals surface area contributed by atoms with Crippen molar-refractivity contribution in [2.24, 2.45) is 11.7 Å². The second-order valence-electron chi connectivity index (χ2n) is 5.12. The lowest BCUT2D eigenvalue weighted by molar-refractivity contribution is -0.301. The second kappa shape index (κ2) is 3.60. The van der Waals surface area contributed by atoms with Gasteiger partial charge in [0.1, 0.15) is 0 Å². The zero-order chi connectivity index (χ0) is 12.0. The molecule has 94 valence electrons. The van der Waals surface area contributed by atoms with Crippen molar-refractivity contribution in [3.05, 3.63) is 0 Å². The second-order valence-corrected chi connectivity index (χ2v) is 5.12. The van der Waals surface area contributed by atoms with Gasteiger partial charge in [-0.1, -0.05) is 12.8 Å². The lowest BCUT2D eigenvalue weighted by Crippen LogP contribution is -2.60. The lowest BCUT2D eigenvalue weighted by atomic mass is 9.70. The summed E-state index contributed by atoms with van der Waals surface area (Å²) in [6, 6.07) is 0. The lowest BCUT2D eigenvalue weighted by Gasteiger charge is -2.46. The van der Waals surface area contributed by atoms with Gasteiger partial charge in [-0.05, 0) is 25.7 Å². The summed E-state index contributed by atoms with van der Waals surface area (Å²) in [6.45, 7) is 0. The first-order valence-corrected chi connectivity index (χ1v) is 5.76. The molecule has 0 aromatic heterocycles. The predicted molar refractivity (Wildman–Crippen MR) is 53.9 cm³/mol. The molecular formula is C11H18F3NO. The Morgan fingerprint density at radius 3 is 2.25 bits per heavy atom. The van der Waals surface area contributed by atoms with Crippen LogP contribution in [0.3, 0.4) is 0 Å². The maximum Gasteiger partial charge on any atom is 0.417 e. The third-order valence-electron chi connectivity index (χ3n) is 4.22. The molecule has 0 aliphatic heterocycles. The first-order valence-electron chi connectivity index (χ1n) is 5.76. The van der Waals surface area contributed by atoms with Crippen molar-refractivity contribution in [3.63, 3.8) is 0 Å². The number of halogens is 3.